The summed E-state index contributed by atoms with van der Waals surface area (Å²) >= 11 is 0. The first-order valence-corrected chi connectivity index (χ1v) is 10.4. The average Bonchev–Trinajstić information content (AvgIpc) is 2.75. The van der Waals surface area contributed by atoms with Crippen LogP contribution in [0.25, 0.3) is 0 Å². The molecule has 1 fully saturated rings. The van der Waals surface area contributed by atoms with Crippen molar-refractivity contribution < 1.29 is 14.3 Å². The third-order valence-corrected chi connectivity index (χ3v) is 5.08. The summed E-state index contributed by atoms with van der Waals surface area (Å²) in [4.78, 5) is 15.6. The van der Waals surface area contributed by atoms with E-state index in [0.717, 1.165) is 56.2 Å². The SMILES string of the molecule is C=CCCOc1cc(CN2CCN(CC(N)=O)CC2)ccc1OCc1ccccc1. The van der Waals surface area contributed by atoms with Crippen molar-refractivity contribution in [2.75, 3.05) is 39.3 Å². The first-order chi connectivity index (χ1) is 14.6. The molecule has 6 heteroatoms. The van der Waals surface area contributed by atoms with Crippen LogP contribution in [0.4, 0.5) is 0 Å². The molecule has 1 amide bonds. The van der Waals surface area contributed by atoms with Crippen LogP contribution in [0.1, 0.15) is 17.5 Å². The lowest BCUT2D eigenvalue weighted by Crippen LogP contribution is -2.48. The van der Waals surface area contributed by atoms with Gasteiger partial charge < -0.3 is 15.2 Å². The number of amides is 1. The van der Waals surface area contributed by atoms with E-state index >= 15 is 0 Å². The van der Waals surface area contributed by atoms with Gasteiger partial charge in [-0.2, -0.15) is 0 Å². The molecule has 0 bridgehead atoms. The Balaban J connectivity index is 1.61. The van der Waals surface area contributed by atoms with Crippen LogP contribution in [-0.2, 0) is 17.9 Å². The Kier molecular flexibility index (Phi) is 8.30. The van der Waals surface area contributed by atoms with Crippen molar-refractivity contribution in [3.05, 3.63) is 72.3 Å². The number of carbonyl (C=O) groups is 1. The number of primary amides is 1. The van der Waals surface area contributed by atoms with Crippen molar-refractivity contribution in [3.63, 3.8) is 0 Å². The van der Waals surface area contributed by atoms with Crippen molar-refractivity contribution in [2.24, 2.45) is 5.73 Å². The summed E-state index contributed by atoms with van der Waals surface area (Å²) in [6, 6.07) is 16.3. The summed E-state index contributed by atoms with van der Waals surface area (Å²) in [6.07, 6.45) is 2.63. The van der Waals surface area contributed by atoms with Gasteiger partial charge in [0, 0.05) is 32.7 Å². The summed E-state index contributed by atoms with van der Waals surface area (Å²) in [7, 11) is 0. The molecule has 30 heavy (non-hydrogen) atoms. The Bertz CT molecular complexity index is 818. The van der Waals surface area contributed by atoms with Crippen molar-refractivity contribution in [1.82, 2.24) is 9.80 Å². The average molecular weight is 410 g/mol. The van der Waals surface area contributed by atoms with E-state index in [4.69, 9.17) is 15.2 Å². The topological polar surface area (TPSA) is 68.0 Å². The molecule has 1 saturated heterocycles. The first-order valence-electron chi connectivity index (χ1n) is 10.4. The molecule has 1 aliphatic rings. The maximum Gasteiger partial charge on any atom is 0.231 e. The van der Waals surface area contributed by atoms with Gasteiger partial charge in [-0.05, 0) is 29.7 Å². The maximum absolute atomic E-state index is 11.1. The van der Waals surface area contributed by atoms with Crippen LogP contribution >= 0.6 is 0 Å². The van der Waals surface area contributed by atoms with E-state index < -0.39 is 0 Å². The minimum atomic E-state index is -0.268. The third kappa shape index (κ3) is 6.90. The standard InChI is InChI=1S/C24H31N3O3/c1-2-3-15-29-23-16-21(17-26-11-13-27(14-12-26)18-24(25)28)9-10-22(23)30-19-20-7-5-4-6-8-20/h2,4-10,16H,1,3,11-15,17-19H2,(H2,25,28). The van der Waals surface area contributed by atoms with Crippen molar-refractivity contribution in [2.45, 2.75) is 19.6 Å². The molecule has 0 saturated carbocycles. The predicted molar refractivity (Wildman–Crippen MR) is 118 cm³/mol. The van der Waals surface area contributed by atoms with Gasteiger partial charge in [-0.25, -0.2) is 0 Å². The van der Waals surface area contributed by atoms with Crippen LogP contribution in [0, 0.1) is 0 Å². The second-order valence-corrected chi connectivity index (χ2v) is 7.50. The Hall–Kier alpha value is -2.83. The van der Waals surface area contributed by atoms with Crippen molar-refractivity contribution in [3.8, 4) is 11.5 Å². The zero-order valence-corrected chi connectivity index (χ0v) is 17.5. The molecule has 2 aromatic rings. The lowest BCUT2D eigenvalue weighted by atomic mass is 10.1. The predicted octanol–water partition coefficient (Wildman–Crippen LogP) is 2.82. The Morgan fingerprint density at radius 2 is 1.70 bits per heavy atom. The quantitative estimate of drug-likeness (QED) is 0.457. The van der Waals surface area contributed by atoms with Gasteiger partial charge in [0.05, 0.1) is 13.2 Å². The van der Waals surface area contributed by atoms with E-state index in [0.29, 0.717) is 19.8 Å². The van der Waals surface area contributed by atoms with Gasteiger partial charge in [-0.3, -0.25) is 14.6 Å². The molecular formula is C24H31N3O3. The smallest absolute Gasteiger partial charge is 0.231 e. The molecule has 6 nitrogen and oxygen atoms in total. The highest BCUT2D eigenvalue weighted by molar-refractivity contribution is 5.75. The van der Waals surface area contributed by atoms with E-state index in [2.05, 4.69) is 28.5 Å². The highest BCUT2D eigenvalue weighted by atomic mass is 16.5. The second-order valence-electron chi connectivity index (χ2n) is 7.50. The highest BCUT2D eigenvalue weighted by Crippen LogP contribution is 2.30. The largest absolute Gasteiger partial charge is 0.489 e. The molecule has 0 aromatic heterocycles. The summed E-state index contributed by atoms with van der Waals surface area (Å²) in [5.74, 6) is 1.24. The lowest BCUT2D eigenvalue weighted by Gasteiger charge is -2.34. The minimum Gasteiger partial charge on any atom is -0.489 e. The lowest BCUT2D eigenvalue weighted by molar-refractivity contribution is -0.119. The zero-order valence-electron chi connectivity index (χ0n) is 17.5. The third-order valence-electron chi connectivity index (χ3n) is 5.08. The van der Waals surface area contributed by atoms with E-state index in [-0.39, 0.29) is 5.91 Å². The fourth-order valence-electron chi connectivity index (χ4n) is 3.45. The highest BCUT2D eigenvalue weighted by Gasteiger charge is 2.18. The summed E-state index contributed by atoms with van der Waals surface area (Å²) in [5, 5.41) is 0. The number of carbonyl (C=O) groups excluding carboxylic acids is 1. The van der Waals surface area contributed by atoms with Gasteiger partial charge in [0.15, 0.2) is 11.5 Å². The molecule has 1 aliphatic heterocycles. The normalized spacial score (nSPS) is 14.9. The number of benzene rings is 2. The molecule has 3 rings (SSSR count). The van der Waals surface area contributed by atoms with E-state index in [1.165, 1.54) is 5.56 Å². The fourth-order valence-corrected chi connectivity index (χ4v) is 3.45. The molecule has 160 valence electrons. The van der Waals surface area contributed by atoms with Crippen LogP contribution in [0.15, 0.2) is 61.2 Å². The Morgan fingerprint density at radius 1 is 0.967 bits per heavy atom. The van der Waals surface area contributed by atoms with Crippen molar-refractivity contribution >= 4 is 5.91 Å². The molecule has 2 aromatic carbocycles. The van der Waals surface area contributed by atoms with E-state index in [1.54, 1.807) is 0 Å². The fraction of sp³-hybridized carbons (Fsp3) is 0.375. The number of ether oxygens (including phenoxy) is 2. The number of nitrogens with zero attached hydrogens (tertiary/aromatic N) is 2. The van der Waals surface area contributed by atoms with Gasteiger partial charge in [-0.15, -0.1) is 6.58 Å². The number of piperazine rings is 1. The molecule has 0 aliphatic carbocycles. The van der Waals surface area contributed by atoms with E-state index in [9.17, 15) is 4.79 Å². The zero-order chi connectivity index (χ0) is 21.2. The summed E-state index contributed by atoms with van der Waals surface area (Å²) < 4.78 is 12.0. The molecule has 2 N–H and O–H groups in total. The van der Waals surface area contributed by atoms with Crippen molar-refractivity contribution in [1.29, 1.82) is 0 Å². The number of hydrogen-bond acceptors (Lipinski definition) is 5. The second kappa shape index (κ2) is 11.4. The number of rotatable bonds is 11. The summed E-state index contributed by atoms with van der Waals surface area (Å²) in [5.41, 5.74) is 7.60. The van der Waals surface area contributed by atoms with Gasteiger partial charge >= 0.3 is 0 Å². The van der Waals surface area contributed by atoms with Crippen LogP contribution in [0.3, 0.4) is 0 Å². The summed E-state index contributed by atoms with van der Waals surface area (Å²) in [6.45, 7) is 9.52. The van der Waals surface area contributed by atoms with E-state index in [1.807, 2.05) is 42.5 Å². The molecule has 0 spiro atoms. The molecule has 1 heterocycles. The molecule has 0 unspecified atom stereocenters. The molecule has 0 atom stereocenters. The van der Waals surface area contributed by atoms with Crippen LogP contribution in [-0.4, -0.2) is 55.0 Å². The van der Waals surface area contributed by atoms with Gasteiger partial charge in [-0.1, -0.05) is 42.5 Å². The van der Waals surface area contributed by atoms with Crippen LogP contribution in [0.2, 0.25) is 0 Å². The number of nitrogens with two attached hydrogens (primary N) is 1. The maximum atomic E-state index is 11.1. The number of hydrogen-bond donors (Lipinski definition) is 1. The first kappa shape index (κ1) is 21.9. The monoisotopic (exact) mass is 409 g/mol. The Morgan fingerprint density at radius 3 is 2.40 bits per heavy atom. The van der Waals surface area contributed by atoms with Crippen LogP contribution < -0.4 is 15.2 Å². The van der Waals surface area contributed by atoms with Gasteiger partial charge in [0.1, 0.15) is 6.61 Å². The van der Waals surface area contributed by atoms with Gasteiger partial charge in [0.2, 0.25) is 5.91 Å². The van der Waals surface area contributed by atoms with Crippen LogP contribution in [0.5, 0.6) is 11.5 Å². The molecular weight excluding hydrogens is 378 g/mol. The Labute approximate surface area is 178 Å². The molecule has 0 radical (unpaired) electrons. The van der Waals surface area contributed by atoms with Gasteiger partial charge in [0.25, 0.3) is 0 Å². The minimum absolute atomic E-state index is 0.268.